The molecule has 0 aliphatic heterocycles. The van der Waals surface area contributed by atoms with Gasteiger partial charge < -0.3 is 4.42 Å². The van der Waals surface area contributed by atoms with E-state index in [1.54, 1.807) is 0 Å². The van der Waals surface area contributed by atoms with Gasteiger partial charge in [-0.25, -0.2) is 0 Å². The van der Waals surface area contributed by atoms with Crippen molar-refractivity contribution in [3.8, 4) is 11.3 Å². The van der Waals surface area contributed by atoms with E-state index in [4.69, 9.17) is 4.42 Å². The normalized spacial score (nSPS) is 26.7. The quantitative estimate of drug-likeness (QED) is 0.758. The first-order chi connectivity index (χ1) is 9.09. The van der Waals surface area contributed by atoms with Crippen molar-refractivity contribution in [2.45, 2.75) is 26.2 Å². The monoisotopic (exact) mass is 252 g/mol. The van der Waals surface area contributed by atoms with Gasteiger partial charge in [0.25, 0.3) is 0 Å². The predicted molar refractivity (Wildman–Crippen MR) is 73.1 cm³/mol. The van der Waals surface area contributed by atoms with E-state index in [-0.39, 0.29) is 17.1 Å². The smallest absolute Gasteiger partial charge is 0.201 e. The lowest BCUT2D eigenvalue weighted by molar-refractivity contribution is 0.0170. The van der Waals surface area contributed by atoms with Gasteiger partial charge in [0.15, 0.2) is 5.76 Å². The molecular formula is C17H16O2. The molecule has 0 N–H and O–H groups in total. The topological polar surface area (TPSA) is 30.2 Å². The van der Waals surface area contributed by atoms with Crippen LogP contribution in [0.25, 0.3) is 11.3 Å². The van der Waals surface area contributed by atoms with Crippen molar-refractivity contribution >= 4 is 5.78 Å². The van der Waals surface area contributed by atoms with Gasteiger partial charge in [0.2, 0.25) is 5.78 Å². The molecule has 2 aromatic rings. The summed E-state index contributed by atoms with van der Waals surface area (Å²) in [7, 11) is 0. The molecule has 0 radical (unpaired) electrons. The van der Waals surface area contributed by atoms with Crippen molar-refractivity contribution in [3.63, 3.8) is 0 Å². The van der Waals surface area contributed by atoms with Crippen LogP contribution < -0.4 is 0 Å². The highest BCUT2D eigenvalue weighted by Crippen LogP contribution is 2.62. The number of hydrogen-bond donors (Lipinski definition) is 0. The molecule has 0 spiro atoms. The van der Waals surface area contributed by atoms with Gasteiger partial charge in [-0.2, -0.15) is 0 Å². The van der Waals surface area contributed by atoms with Crippen LogP contribution in [0.4, 0.5) is 0 Å². The highest BCUT2D eigenvalue weighted by molar-refractivity contribution is 6.01. The first-order valence-corrected chi connectivity index (χ1v) is 6.82. The number of hydrogen-bond acceptors (Lipinski definition) is 2. The van der Waals surface area contributed by atoms with Crippen LogP contribution >= 0.6 is 0 Å². The summed E-state index contributed by atoms with van der Waals surface area (Å²) < 4.78 is 5.85. The second-order valence-corrected chi connectivity index (χ2v) is 6.29. The molecule has 0 amide bonds. The van der Waals surface area contributed by atoms with Gasteiger partial charge in [0.05, 0.1) is 0 Å². The molecule has 19 heavy (non-hydrogen) atoms. The van der Waals surface area contributed by atoms with Crippen LogP contribution in [0, 0.1) is 11.3 Å². The summed E-state index contributed by atoms with van der Waals surface area (Å²) in [6.45, 7) is 4.39. The predicted octanol–water partition coefficient (Wildman–Crippen LogP) is 4.27. The largest absolute Gasteiger partial charge is 0.453 e. The minimum atomic E-state index is 0.0991. The summed E-state index contributed by atoms with van der Waals surface area (Å²) in [5.41, 5.74) is 2.26. The Morgan fingerprint density at radius 2 is 1.89 bits per heavy atom. The van der Waals surface area contributed by atoms with E-state index in [9.17, 15) is 4.79 Å². The second kappa shape index (κ2) is 3.38. The van der Waals surface area contributed by atoms with Crippen LogP contribution in [-0.2, 0) is 0 Å². The zero-order valence-corrected chi connectivity index (χ0v) is 11.1. The lowest BCUT2D eigenvalue weighted by Gasteiger charge is -2.54. The van der Waals surface area contributed by atoms with Gasteiger partial charge in [-0.15, -0.1) is 0 Å². The molecule has 96 valence electrons. The molecule has 2 nitrogen and oxygen atoms in total. The Balaban J connectivity index is 1.86. The van der Waals surface area contributed by atoms with E-state index in [1.807, 2.05) is 30.3 Å². The highest BCUT2D eigenvalue weighted by Gasteiger charge is 2.58. The average Bonchev–Trinajstić information content (AvgIpc) is 2.84. The average molecular weight is 252 g/mol. The van der Waals surface area contributed by atoms with E-state index in [0.717, 1.165) is 23.3 Å². The molecule has 3 aliphatic carbocycles. The first-order valence-electron chi connectivity index (χ1n) is 6.82. The second-order valence-electron chi connectivity index (χ2n) is 6.29. The van der Waals surface area contributed by atoms with E-state index >= 15 is 0 Å². The fourth-order valence-corrected chi connectivity index (χ4v) is 3.66. The maximum Gasteiger partial charge on any atom is 0.201 e. The van der Waals surface area contributed by atoms with Crippen LogP contribution in [0.5, 0.6) is 0 Å². The minimum absolute atomic E-state index is 0.0991. The van der Waals surface area contributed by atoms with Crippen LogP contribution in [0.3, 0.4) is 0 Å². The number of carbonyl (C=O) groups is 1. The molecule has 2 bridgehead atoms. The SMILES string of the molecule is CC1(C)[C@@H]2C[C@H]1c1cc(-c3ccccc3)oc1C2=O. The summed E-state index contributed by atoms with van der Waals surface area (Å²) in [6.07, 6.45) is 0.993. The minimum Gasteiger partial charge on any atom is -0.453 e. The molecule has 2 heteroatoms. The Hall–Kier alpha value is -1.83. The zero-order chi connectivity index (χ0) is 13.2. The number of Topliss-reactive ketones (excluding diaryl/α,β-unsaturated/α-hetero) is 1. The van der Waals surface area contributed by atoms with E-state index in [0.29, 0.717) is 11.7 Å². The van der Waals surface area contributed by atoms with Gasteiger partial charge in [0, 0.05) is 17.0 Å². The third-order valence-electron chi connectivity index (χ3n) is 5.00. The number of rotatable bonds is 1. The number of benzene rings is 1. The lowest BCUT2D eigenvalue weighted by Crippen LogP contribution is -2.51. The van der Waals surface area contributed by atoms with Gasteiger partial charge in [-0.05, 0) is 23.8 Å². The summed E-state index contributed by atoms with van der Waals surface area (Å²) in [5, 5.41) is 0. The molecule has 1 heterocycles. The fraction of sp³-hybridized carbons (Fsp3) is 0.353. The summed E-state index contributed by atoms with van der Waals surface area (Å²) >= 11 is 0. The van der Waals surface area contributed by atoms with Crippen molar-refractivity contribution in [2.24, 2.45) is 11.3 Å². The fourth-order valence-electron chi connectivity index (χ4n) is 3.66. The third-order valence-corrected chi connectivity index (χ3v) is 5.00. The molecule has 0 unspecified atom stereocenters. The van der Waals surface area contributed by atoms with Gasteiger partial charge in [-0.1, -0.05) is 44.2 Å². The standard InChI is InChI=1S/C17H16O2/c1-17(2)12-9-13(17)15(18)16-11(12)8-14(19-16)10-6-4-3-5-7-10/h3-8,12-13H,9H2,1-2H3/t12-,13+/m0/s1. The Morgan fingerprint density at radius 1 is 1.16 bits per heavy atom. The Kier molecular flexibility index (Phi) is 1.96. The molecule has 3 aliphatic rings. The molecule has 1 fully saturated rings. The maximum atomic E-state index is 12.4. The first kappa shape index (κ1) is 11.0. The number of furan rings is 1. The van der Waals surface area contributed by atoms with Crippen LogP contribution in [0.15, 0.2) is 40.8 Å². The highest BCUT2D eigenvalue weighted by atomic mass is 16.3. The lowest BCUT2D eigenvalue weighted by atomic mass is 9.48. The van der Waals surface area contributed by atoms with Crippen molar-refractivity contribution in [1.82, 2.24) is 0 Å². The van der Waals surface area contributed by atoms with Crippen molar-refractivity contribution in [3.05, 3.63) is 47.7 Å². The molecular weight excluding hydrogens is 236 g/mol. The van der Waals surface area contributed by atoms with Crippen molar-refractivity contribution in [1.29, 1.82) is 0 Å². The van der Waals surface area contributed by atoms with Gasteiger partial charge >= 0.3 is 0 Å². The van der Waals surface area contributed by atoms with Crippen molar-refractivity contribution in [2.75, 3.05) is 0 Å². The van der Waals surface area contributed by atoms with E-state index < -0.39 is 0 Å². The molecule has 0 saturated heterocycles. The molecule has 2 atom stereocenters. The number of carbonyl (C=O) groups excluding carboxylic acids is 1. The Morgan fingerprint density at radius 3 is 2.58 bits per heavy atom. The molecule has 1 aromatic carbocycles. The van der Waals surface area contributed by atoms with Gasteiger partial charge in [-0.3, -0.25) is 4.79 Å². The Labute approximate surface area is 112 Å². The van der Waals surface area contributed by atoms with Crippen LogP contribution in [-0.4, -0.2) is 5.78 Å². The van der Waals surface area contributed by atoms with Gasteiger partial charge in [0.1, 0.15) is 5.76 Å². The molecule has 1 saturated carbocycles. The molecule has 5 rings (SSSR count). The summed E-state index contributed by atoms with van der Waals surface area (Å²) in [6, 6.07) is 12.1. The molecule has 1 aromatic heterocycles. The number of ketones is 1. The van der Waals surface area contributed by atoms with Crippen LogP contribution in [0.2, 0.25) is 0 Å². The van der Waals surface area contributed by atoms with Crippen molar-refractivity contribution < 1.29 is 9.21 Å². The van der Waals surface area contributed by atoms with Crippen LogP contribution in [0.1, 0.15) is 42.3 Å². The summed E-state index contributed by atoms with van der Waals surface area (Å²) in [4.78, 5) is 12.4. The zero-order valence-electron chi connectivity index (χ0n) is 11.1. The van der Waals surface area contributed by atoms with E-state index in [2.05, 4.69) is 19.9 Å². The third kappa shape index (κ3) is 1.29. The summed E-state index contributed by atoms with van der Waals surface area (Å²) in [5.74, 6) is 2.26. The Bertz CT molecular complexity index is 664. The van der Waals surface area contributed by atoms with E-state index in [1.165, 1.54) is 0 Å². The maximum absolute atomic E-state index is 12.4.